The van der Waals surface area contributed by atoms with E-state index in [0.29, 0.717) is 0 Å². The summed E-state index contributed by atoms with van der Waals surface area (Å²) in [5.74, 6) is 0.183. The van der Waals surface area contributed by atoms with Gasteiger partial charge in [-0.25, -0.2) is 0 Å². The fourth-order valence-electron chi connectivity index (χ4n) is 1.40. The van der Waals surface area contributed by atoms with Crippen LogP contribution < -0.4 is 10.6 Å². The summed E-state index contributed by atoms with van der Waals surface area (Å²) in [6, 6.07) is 0.103. The SMILES string of the molecule is CCCCCCNC(=O)C1CCN1. The standard InChI is InChI=1S/C10H20N2O/c1-2-3-4-5-7-12-10(13)9-6-8-11-9/h9,11H,2-8H2,1H3,(H,12,13). The van der Waals surface area contributed by atoms with Gasteiger partial charge in [-0.15, -0.1) is 0 Å². The van der Waals surface area contributed by atoms with Gasteiger partial charge in [0.2, 0.25) is 5.91 Å². The Morgan fingerprint density at radius 2 is 2.23 bits per heavy atom. The minimum absolute atomic E-state index is 0.103. The van der Waals surface area contributed by atoms with E-state index in [2.05, 4.69) is 17.6 Å². The molecule has 1 unspecified atom stereocenters. The summed E-state index contributed by atoms with van der Waals surface area (Å²) in [5.41, 5.74) is 0. The number of amides is 1. The van der Waals surface area contributed by atoms with Gasteiger partial charge >= 0.3 is 0 Å². The van der Waals surface area contributed by atoms with E-state index in [4.69, 9.17) is 0 Å². The Morgan fingerprint density at radius 1 is 1.46 bits per heavy atom. The normalized spacial score (nSPS) is 20.8. The van der Waals surface area contributed by atoms with E-state index >= 15 is 0 Å². The third kappa shape index (κ3) is 3.77. The summed E-state index contributed by atoms with van der Waals surface area (Å²) in [6.45, 7) is 4.03. The first kappa shape index (κ1) is 10.5. The van der Waals surface area contributed by atoms with Crippen molar-refractivity contribution in [2.75, 3.05) is 13.1 Å². The molecular weight excluding hydrogens is 164 g/mol. The summed E-state index contributed by atoms with van der Waals surface area (Å²) >= 11 is 0. The van der Waals surface area contributed by atoms with Crippen LogP contribution in [0.4, 0.5) is 0 Å². The average molecular weight is 184 g/mol. The van der Waals surface area contributed by atoms with Crippen LogP contribution in [-0.4, -0.2) is 25.0 Å². The maximum atomic E-state index is 11.3. The number of rotatable bonds is 6. The molecule has 0 saturated carbocycles. The van der Waals surface area contributed by atoms with E-state index in [-0.39, 0.29) is 11.9 Å². The highest BCUT2D eigenvalue weighted by molar-refractivity contribution is 5.82. The van der Waals surface area contributed by atoms with Crippen molar-refractivity contribution < 1.29 is 4.79 Å². The monoisotopic (exact) mass is 184 g/mol. The largest absolute Gasteiger partial charge is 0.355 e. The van der Waals surface area contributed by atoms with Crippen molar-refractivity contribution in [1.82, 2.24) is 10.6 Å². The van der Waals surface area contributed by atoms with Gasteiger partial charge in [0.1, 0.15) is 0 Å². The van der Waals surface area contributed by atoms with Crippen LogP contribution in [0.1, 0.15) is 39.0 Å². The van der Waals surface area contributed by atoms with Crippen molar-refractivity contribution in [1.29, 1.82) is 0 Å². The highest BCUT2D eigenvalue weighted by atomic mass is 16.2. The molecular formula is C10H20N2O. The number of carbonyl (C=O) groups excluding carboxylic acids is 1. The molecule has 0 aromatic carbocycles. The van der Waals surface area contributed by atoms with Crippen molar-refractivity contribution in [3.8, 4) is 0 Å². The molecule has 3 nitrogen and oxygen atoms in total. The van der Waals surface area contributed by atoms with Gasteiger partial charge in [0.05, 0.1) is 6.04 Å². The number of hydrogen-bond donors (Lipinski definition) is 2. The first-order valence-electron chi connectivity index (χ1n) is 5.35. The third-order valence-electron chi connectivity index (χ3n) is 2.47. The lowest BCUT2D eigenvalue weighted by atomic mass is 10.1. The fourth-order valence-corrected chi connectivity index (χ4v) is 1.40. The zero-order valence-corrected chi connectivity index (χ0v) is 8.44. The summed E-state index contributed by atoms with van der Waals surface area (Å²) in [5, 5.41) is 6.03. The van der Waals surface area contributed by atoms with Gasteiger partial charge in [-0.1, -0.05) is 26.2 Å². The van der Waals surface area contributed by atoms with Crippen LogP contribution in [0.2, 0.25) is 0 Å². The lowest BCUT2D eigenvalue weighted by Crippen LogP contribution is -2.53. The molecule has 0 spiro atoms. The molecule has 2 N–H and O–H groups in total. The van der Waals surface area contributed by atoms with Crippen molar-refractivity contribution in [3.05, 3.63) is 0 Å². The minimum Gasteiger partial charge on any atom is -0.355 e. The highest BCUT2D eigenvalue weighted by Gasteiger charge is 2.23. The minimum atomic E-state index is 0.103. The van der Waals surface area contributed by atoms with Crippen molar-refractivity contribution in [3.63, 3.8) is 0 Å². The molecule has 0 aliphatic carbocycles. The van der Waals surface area contributed by atoms with Crippen LogP contribution in [0.3, 0.4) is 0 Å². The number of hydrogen-bond acceptors (Lipinski definition) is 2. The van der Waals surface area contributed by atoms with Crippen LogP contribution in [0.25, 0.3) is 0 Å². The molecule has 3 heteroatoms. The van der Waals surface area contributed by atoms with Gasteiger partial charge in [-0.05, 0) is 19.4 Å². The lowest BCUT2D eigenvalue weighted by molar-refractivity contribution is -0.124. The zero-order valence-electron chi connectivity index (χ0n) is 8.44. The molecule has 0 aromatic rings. The van der Waals surface area contributed by atoms with Gasteiger partial charge < -0.3 is 10.6 Å². The van der Waals surface area contributed by atoms with E-state index in [1.807, 2.05) is 0 Å². The molecule has 0 aromatic heterocycles. The third-order valence-corrected chi connectivity index (χ3v) is 2.47. The maximum Gasteiger partial charge on any atom is 0.237 e. The van der Waals surface area contributed by atoms with Gasteiger partial charge in [0.25, 0.3) is 0 Å². The molecule has 0 bridgehead atoms. The van der Waals surface area contributed by atoms with E-state index in [0.717, 1.165) is 25.9 Å². The number of nitrogens with one attached hydrogen (secondary N) is 2. The number of carbonyl (C=O) groups is 1. The molecule has 1 saturated heterocycles. The Labute approximate surface area is 80.3 Å². The molecule has 1 aliphatic heterocycles. The second kappa shape index (κ2) is 5.97. The molecule has 1 amide bonds. The maximum absolute atomic E-state index is 11.3. The molecule has 76 valence electrons. The second-order valence-electron chi connectivity index (χ2n) is 3.65. The molecule has 1 heterocycles. The number of unbranched alkanes of at least 4 members (excludes halogenated alkanes) is 3. The van der Waals surface area contributed by atoms with E-state index in [9.17, 15) is 4.79 Å². The van der Waals surface area contributed by atoms with Crippen LogP contribution in [0, 0.1) is 0 Å². The van der Waals surface area contributed by atoms with Gasteiger partial charge in [0.15, 0.2) is 0 Å². The smallest absolute Gasteiger partial charge is 0.237 e. The summed E-state index contributed by atoms with van der Waals surface area (Å²) in [6.07, 6.45) is 5.87. The van der Waals surface area contributed by atoms with Gasteiger partial charge in [0, 0.05) is 6.54 Å². The van der Waals surface area contributed by atoms with Crippen LogP contribution in [0.5, 0.6) is 0 Å². The summed E-state index contributed by atoms with van der Waals surface area (Å²) in [7, 11) is 0. The van der Waals surface area contributed by atoms with Crippen molar-refractivity contribution >= 4 is 5.91 Å². The Hall–Kier alpha value is -0.570. The Kier molecular flexibility index (Phi) is 4.83. The van der Waals surface area contributed by atoms with Crippen molar-refractivity contribution in [2.45, 2.75) is 45.1 Å². The average Bonchev–Trinajstić information content (AvgIpc) is 2.01. The van der Waals surface area contributed by atoms with Crippen LogP contribution in [0.15, 0.2) is 0 Å². The quantitative estimate of drug-likeness (QED) is 0.606. The summed E-state index contributed by atoms with van der Waals surface area (Å²) < 4.78 is 0. The van der Waals surface area contributed by atoms with E-state index < -0.39 is 0 Å². The van der Waals surface area contributed by atoms with Crippen LogP contribution >= 0.6 is 0 Å². The Bertz CT molecular complexity index is 155. The van der Waals surface area contributed by atoms with Gasteiger partial charge in [-0.3, -0.25) is 4.79 Å². The first-order valence-corrected chi connectivity index (χ1v) is 5.35. The topological polar surface area (TPSA) is 41.1 Å². The molecule has 1 aliphatic rings. The lowest BCUT2D eigenvalue weighted by Gasteiger charge is -2.26. The predicted molar refractivity (Wildman–Crippen MR) is 53.6 cm³/mol. The zero-order chi connectivity index (χ0) is 9.52. The second-order valence-corrected chi connectivity index (χ2v) is 3.65. The Morgan fingerprint density at radius 3 is 2.77 bits per heavy atom. The molecule has 1 rings (SSSR count). The van der Waals surface area contributed by atoms with Crippen molar-refractivity contribution in [2.24, 2.45) is 0 Å². The first-order chi connectivity index (χ1) is 6.34. The Balaban J connectivity index is 1.89. The molecule has 1 fully saturated rings. The van der Waals surface area contributed by atoms with Crippen LogP contribution in [-0.2, 0) is 4.79 Å². The van der Waals surface area contributed by atoms with E-state index in [1.165, 1.54) is 19.3 Å². The highest BCUT2D eigenvalue weighted by Crippen LogP contribution is 2.01. The predicted octanol–water partition coefficient (Wildman–Crippen LogP) is 1.04. The molecule has 0 radical (unpaired) electrons. The summed E-state index contributed by atoms with van der Waals surface area (Å²) in [4.78, 5) is 11.3. The molecule has 1 atom stereocenters. The molecule has 13 heavy (non-hydrogen) atoms. The van der Waals surface area contributed by atoms with E-state index in [1.54, 1.807) is 0 Å². The fraction of sp³-hybridized carbons (Fsp3) is 0.900. The van der Waals surface area contributed by atoms with Gasteiger partial charge in [-0.2, -0.15) is 0 Å².